The molecule has 1 heterocycles. The second kappa shape index (κ2) is 7.14. The van der Waals surface area contributed by atoms with E-state index in [0.717, 1.165) is 12.0 Å². The molecule has 0 radical (unpaired) electrons. The number of carbonyl (C=O) groups is 4. The number of hydrogen-bond donors (Lipinski definition) is 2. The van der Waals surface area contributed by atoms with E-state index >= 15 is 0 Å². The number of rotatable bonds is 4. The van der Waals surface area contributed by atoms with Gasteiger partial charge in [-0.05, 0) is 25.1 Å². The molecule has 0 saturated carbocycles. The molecule has 0 aromatic heterocycles. The molecule has 0 unspecified atom stereocenters. The van der Waals surface area contributed by atoms with Crippen LogP contribution in [-0.4, -0.2) is 53.4 Å². The van der Waals surface area contributed by atoms with Gasteiger partial charge in [0, 0.05) is 23.7 Å². The number of nitrogens with one attached hydrogen (secondary N) is 1. The standard InChI is InChI=1S/C21H20N2O6/c1-20(19(27)29-3,22-16(24)13-9-5-4-6-10-13)21(28)15-12-8-7-11-14(15)17(25)23(2)18(21)26/h4-12,28H,1-3H3,(H,22,24)/t20-,21-/m1/s1. The smallest absolute Gasteiger partial charge is 0.335 e. The molecule has 3 amide bonds. The van der Waals surface area contributed by atoms with Crippen LogP contribution in [0.1, 0.15) is 33.2 Å². The molecule has 150 valence electrons. The second-order valence-electron chi connectivity index (χ2n) is 6.86. The Hall–Kier alpha value is -3.52. The van der Waals surface area contributed by atoms with Gasteiger partial charge in [0.2, 0.25) is 5.60 Å². The minimum atomic E-state index is -2.58. The lowest BCUT2D eigenvalue weighted by Gasteiger charge is -2.46. The zero-order chi connectivity index (χ0) is 21.4. The van der Waals surface area contributed by atoms with E-state index in [1.807, 2.05) is 0 Å². The predicted octanol–water partition coefficient (Wildman–Crippen LogP) is 0.848. The van der Waals surface area contributed by atoms with E-state index in [0.29, 0.717) is 0 Å². The first-order valence-electron chi connectivity index (χ1n) is 8.78. The minimum Gasteiger partial charge on any atom is -0.467 e. The van der Waals surface area contributed by atoms with Gasteiger partial charge in [-0.2, -0.15) is 0 Å². The third-order valence-corrected chi connectivity index (χ3v) is 5.18. The number of methoxy groups -OCH3 is 1. The predicted molar refractivity (Wildman–Crippen MR) is 102 cm³/mol. The quantitative estimate of drug-likeness (QED) is 0.585. The van der Waals surface area contributed by atoms with Crippen LogP contribution >= 0.6 is 0 Å². The summed E-state index contributed by atoms with van der Waals surface area (Å²) in [6, 6.07) is 13.9. The molecule has 2 N–H and O–H groups in total. The van der Waals surface area contributed by atoms with Gasteiger partial charge in [0.1, 0.15) is 0 Å². The highest BCUT2D eigenvalue weighted by Crippen LogP contribution is 2.41. The van der Waals surface area contributed by atoms with Crippen LogP contribution in [0.3, 0.4) is 0 Å². The molecule has 0 saturated heterocycles. The van der Waals surface area contributed by atoms with E-state index in [1.165, 1.54) is 44.3 Å². The average Bonchev–Trinajstić information content (AvgIpc) is 2.75. The summed E-state index contributed by atoms with van der Waals surface area (Å²) in [5, 5.41) is 14.1. The van der Waals surface area contributed by atoms with Crippen LogP contribution in [0, 0.1) is 0 Å². The highest BCUT2D eigenvalue weighted by atomic mass is 16.5. The summed E-state index contributed by atoms with van der Waals surface area (Å²) in [4.78, 5) is 51.9. The van der Waals surface area contributed by atoms with Crippen LogP contribution in [0.5, 0.6) is 0 Å². The fraction of sp³-hybridized carbons (Fsp3) is 0.238. The maximum absolute atomic E-state index is 13.1. The Morgan fingerprint density at radius 2 is 1.66 bits per heavy atom. The van der Waals surface area contributed by atoms with Gasteiger partial charge in [0.05, 0.1) is 7.11 Å². The van der Waals surface area contributed by atoms with E-state index in [1.54, 1.807) is 24.3 Å². The van der Waals surface area contributed by atoms with Crippen LogP contribution in [0.25, 0.3) is 0 Å². The van der Waals surface area contributed by atoms with Crippen LogP contribution in [0.2, 0.25) is 0 Å². The van der Waals surface area contributed by atoms with Gasteiger partial charge in [0.25, 0.3) is 17.7 Å². The first kappa shape index (κ1) is 20.2. The van der Waals surface area contributed by atoms with Crippen LogP contribution in [-0.2, 0) is 19.9 Å². The number of ether oxygens (including phenoxy) is 1. The lowest BCUT2D eigenvalue weighted by atomic mass is 9.71. The third-order valence-electron chi connectivity index (χ3n) is 5.18. The fourth-order valence-corrected chi connectivity index (χ4v) is 3.48. The van der Waals surface area contributed by atoms with E-state index in [-0.39, 0.29) is 16.7 Å². The summed E-state index contributed by atoms with van der Waals surface area (Å²) in [6.07, 6.45) is 0. The molecular weight excluding hydrogens is 376 g/mol. The maximum atomic E-state index is 13.1. The normalized spacial score (nSPS) is 20.5. The molecule has 3 rings (SSSR count). The number of aliphatic hydroxyl groups is 1. The van der Waals surface area contributed by atoms with Crippen molar-refractivity contribution in [2.24, 2.45) is 0 Å². The Labute approximate surface area is 167 Å². The summed E-state index contributed by atoms with van der Waals surface area (Å²) in [7, 11) is 2.27. The molecule has 29 heavy (non-hydrogen) atoms. The lowest BCUT2D eigenvalue weighted by molar-refractivity contribution is -0.175. The maximum Gasteiger partial charge on any atom is 0.335 e. The van der Waals surface area contributed by atoms with Crippen molar-refractivity contribution < 1.29 is 29.0 Å². The highest BCUT2D eigenvalue weighted by molar-refractivity contribution is 6.15. The first-order valence-corrected chi connectivity index (χ1v) is 8.78. The van der Waals surface area contributed by atoms with E-state index in [2.05, 4.69) is 5.32 Å². The molecule has 8 nitrogen and oxygen atoms in total. The average molecular weight is 396 g/mol. The number of amides is 3. The minimum absolute atomic E-state index is 0.0428. The number of fused-ring (bicyclic) bond motifs is 1. The van der Waals surface area contributed by atoms with Gasteiger partial charge in [-0.3, -0.25) is 19.3 Å². The molecule has 0 aliphatic carbocycles. The first-order chi connectivity index (χ1) is 13.7. The van der Waals surface area contributed by atoms with Crippen molar-refractivity contribution in [2.75, 3.05) is 14.2 Å². The molecule has 2 atom stereocenters. The Kier molecular flexibility index (Phi) is 4.98. The van der Waals surface area contributed by atoms with Crippen molar-refractivity contribution in [3.05, 3.63) is 71.3 Å². The van der Waals surface area contributed by atoms with Gasteiger partial charge in [-0.1, -0.05) is 36.4 Å². The number of hydrogen-bond acceptors (Lipinski definition) is 6. The number of imide groups is 1. The van der Waals surface area contributed by atoms with Gasteiger partial charge in [-0.15, -0.1) is 0 Å². The number of esters is 1. The molecule has 0 fully saturated rings. The molecule has 1 aliphatic rings. The van der Waals surface area contributed by atoms with Gasteiger partial charge in [0.15, 0.2) is 5.54 Å². The zero-order valence-electron chi connectivity index (χ0n) is 16.1. The largest absolute Gasteiger partial charge is 0.467 e. The number of benzene rings is 2. The Morgan fingerprint density at radius 1 is 1.07 bits per heavy atom. The Bertz CT molecular complexity index is 1010. The van der Waals surface area contributed by atoms with Crippen molar-refractivity contribution in [1.82, 2.24) is 10.2 Å². The van der Waals surface area contributed by atoms with Crippen LogP contribution in [0.15, 0.2) is 54.6 Å². The van der Waals surface area contributed by atoms with Gasteiger partial charge < -0.3 is 15.2 Å². The number of carbonyl (C=O) groups excluding carboxylic acids is 4. The SMILES string of the molecule is COC(=O)[C@@](C)(NC(=O)c1ccccc1)[C@]1(O)C(=O)N(C)C(=O)c2ccccc21. The monoisotopic (exact) mass is 396 g/mol. The molecule has 1 aliphatic heterocycles. The molecular formula is C21H20N2O6. The van der Waals surface area contributed by atoms with Gasteiger partial charge >= 0.3 is 5.97 Å². The van der Waals surface area contributed by atoms with E-state index < -0.39 is 34.8 Å². The van der Waals surface area contributed by atoms with Crippen LogP contribution in [0.4, 0.5) is 0 Å². The number of nitrogens with zero attached hydrogens (tertiary/aromatic N) is 1. The highest BCUT2D eigenvalue weighted by Gasteiger charge is 2.64. The molecule has 0 bridgehead atoms. The lowest BCUT2D eigenvalue weighted by Crippen LogP contribution is -2.72. The van der Waals surface area contributed by atoms with Crippen molar-refractivity contribution in [3.63, 3.8) is 0 Å². The summed E-state index contributed by atoms with van der Waals surface area (Å²) < 4.78 is 4.83. The molecule has 2 aromatic rings. The summed E-state index contributed by atoms with van der Waals surface area (Å²) in [5.41, 5.74) is -4.64. The summed E-state index contributed by atoms with van der Waals surface area (Å²) in [6.45, 7) is 1.19. The Balaban J connectivity index is 2.21. The van der Waals surface area contributed by atoms with Gasteiger partial charge in [-0.25, -0.2) is 4.79 Å². The zero-order valence-corrected chi connectivity index (χ0v) is 16.1. The van der Waals surface area contributed by atoms with Crippen molar-refractivity contribution in [1.29, 1.82) is 0 Å². The fourth-order valence-electron chi connectivity index (χ4n) is 3.48. The summed E-state index contributed by atoms with van der Waals surface area (Å²) in [5.74, 6) is -3.42. The van der Waals surface area contributed by atoms with Crippen molar-refractivity contribution >= 4 is 23.7 Å². The van der Waals surface area contributed by atoms with Crippen LogP contribution < -0.4 is 5.32 Å². The molecule has 0 spiro atoms. The third kappa shape index (κ3) is 2.89. The topological polar surface area (TPSA) is 113 Å². The molecule has 2 aromatic carbocycles. The number of likely N-dealkylation sites (N-methyl/N-ethyl adjacent to an activating group) is 1. The van der Waals surface area contributed by atoms with E-state index in [9.17, 15) is 24.3 Å². The van der Waals surface area contributed by atoms with E-state index in [4.69, 9.17) is 4.74 Å². The van der Waals surface area contributed by atoms with Crippen molar-refractivity contribution in [2.45, 2.75) is 18.1 Å². The second-order valence-corrected chi connectivity index (χ2v) is 6.86. The summed E-state index contributed by atoms with van der Waals surface area (Å²) >= 11 is 0. The Morgan fingerprint density at radius 3 is 2.28 bits per heavy atom. The molecule has 8 heteroatoms. The van der Waals surface area contributed by atoms with Crippen molar-refractivity contribution in [3.8, 4) is 0 Å².